The Balaban J connectivity index is 2.23. The number of hydrogen-bond acceptors (Lipinski definition) is 6. The summed E-state index contributed by atoms with van der Waals surface area (Å²) in [6, 6.07) is 4.05. The Bertz CT molecular complexity index is 878. The van der Waals surface area contributed by atoms with Crippen molar-refractivity contribution < 1.29 is 19.2 Å². The molecule has 1 aromatic rings. The van der Waals surface area contributed by atoms with Gasteiger partial charge in [-0.3, -0.25) is 14.9 Å². The number of carbonyl (C=O) groups excluding carboxylic acids is 2. The van der Waals surface area contributed by atoms with Crippen LogP contribution in [0.5, 0.6) is 0 Å². The van der Waals surface area contributed by atoms with Crippen LogP contribution in [-0.4, -0.2) is 55.6 Å². The van der Waals surface area contributed by atoms with Crippen LogP contribution in [-0.2, 0) is 11.3 Å². The summed E-state index contributed by atoms with van der Waals surface area (Å²) in [6.45, 7) is 4.08. The van der Waals surface area contributed by atoms with Gasteiger partial charge in [-0.2, -0.15) is 0 Å². The number of benzene rings is 1. The van der Waals surface area contributed by atoms with Crippen molar-refractivity contribution in [1.82, 2.24) is 15.5 Å². The highest BCUT2D eigenvalue weighted by molar-refractivity contribution is 5.96. The van der Waals surface area contributed by atoms with Crippen molar-refractivity contribution in [2.24, 2.45) is 0 Å². The molecule has 0 bridgehead atoms. The molecule has 42 heavy (non-hydrogen) atoms. The van der Waals surface area contributed by atoms with E-state index in [-0.39, 0.29) is 23.8 Å². The Labute approximate surface area is 254 Å². The third-order valence-corrected chi connectivity index (χ3v) is 7.52. The van der Waals surface area contributed by atoms with Crippen molar-refractivity contribution in [1.29, 1.82) is 0 Å². The Kier molecular flexibility index (Phi) is 22.1. The van der Waals surface area contributed by atoms with E-state index in [9.17, 15) is 19.7 Å². The zero-order valence-corrected chi connectivity index (χ0v) is 26.7. The molecule has 0 heterocycles. The van der Waals surface area contributed by atoms with Gasteiger partial charge >= 0.3 is 6.09 Å². The molecule has 0 aromatic heterocycles. The number of amides is 2. The average molecular weight is 591 g/mol. The molecule has 0 unspecified atom stereocenters. The zero-order chi connectivity index (χ0) is 30.8. The highest BCUT2D eigenvalue weighted by atomic mass is 16.6. The molecule has 0 fully saturated rings. The second-order valence-corrected chi connectivity index (χ2v) is 11.7. The van der Waals surface area contributed by atoms with Crippen molar-refractivity contribution in [3.8, 4) is 0 Å². The van der Waals surface area contributed by atoms with Gasteiger partial charge in [-0.15, -0.1) is 0 Å². The first kappa shape index (κ1) is 37.3. The molecule has 240 valence electrons. The van der Waals surface area contributed by atoms with Crippen LogP contribution >= 0.6 is 0 Å². The molecule has 9 nitrogen and oxygen atoms in total. The van der Waals surface area contributed by atoms with E-state index in [0.29, 0.717) is 18.7 Å². The number of nitro benzene ring substituents is 1. The lowest BCUT2D eigenvalue weighted by Gasteiger charge is -2.12. The first-order valence-corrected chi connectivity index (χ1v) is 16.5. The number of nitro groups is 1. The summed E-state index contributed by atoms with van der Waals surface area (Å²) >= 11 is 0. The van der Waals surface area contributed by atoms with Gasteiger partial charge in [0.05, 0.1) is 10.5 Å². The van der Waals surface area contributed by atoms with E-state index in [4.69, 9.17) is 4.74 Å². The molecule has 9 heteroatoms. The van der Waals surface area contributed by atoms with Gasteiger partial charge < -0.3 is 20.3 Å². The highest BCUT2D eigenvalue weighted by Crippen LogP contribution is 2.19. The molecule has 2 N–H and O–H groups in total. The Hall–Kier alpha value is -2.68. The van der Waals surface area contributed by atoms with Crippen molar-refractivity contribution in [3.63, 3.8) is 0 Å². The van der Waals surface area contributed by atoms with Crippen LogP contribution in [0.25, 0.3) is 0 Å². The maximum Gasteiger partial charge on any atom is 0.407 e. The molecule has 0 aliphatic heterocycles. The second kappa shape index (κ2) is 24.9. The number of non-ortho nitro benzene ring substituents is 1. The van der Waals surface area contributed by atoms with Crippen LogP contribution in [0.2, 0.25) is 0 Å². The lowest BCUT2D eigenvalue weighted by Crippen LogP contribution is -2.28. The molecule has 1 aromatic carbocycles. The molecule has 1 rings (SSSR count). The predicted octanol–water partition coefficient (Wildman–Crippen LogP) is 8.15. The Morgan fingerprint density at radius 1 is 0.762 bits per heavy atom. The number of unbranched alkanes of at least 4 members (excludes halogenated alkanes) is 16. The third-order valence-electron chi connectivity index (χ3n) is 7.52. The smallest absolute Gasteiger partial charge is 0.407 e. The topological polar surface area (TPSA) is 114 Å². The van der Waals surface area contributed by atoms with Crippen LogP contribution < -0.4 is 10.6 Å². The van der Waals surface area contributed by atoms with E-state index >= 15 is 0 Å². The van der Waals surface area contributed by atoms with Gasteiger partial charge in [0.15, 0.2) is 0 Å². The average Bonchev–Trinajstić information content (AvgIpc) is 2.97. The largest absolute Gasteiger partial charge is 0.445 e. The van der Waals surface area contributed by atoms with E-state index in [1.807, 2.05) is 14.1 Å². The Morgan fingerprint density at radius 2 is 1.26 bits per heavy atom. The fourth-order valence-corrected chi connectivity index (χ4v) is 4.92. The summed E-state index contributed by atoms with van der Waals surface area (Å²) in [5.41, 5.74) is 0.434. The summed E-state index contributed by atoms with van der Waals surface area (Å²) in [7, 11) is 4.00. The van der Waals surface area contributed by atoms with E-state index in [0.717, 1.165) is 38.6 Å². The molecule has 0 saturated carbocycles. The summed E-state index contributed by atoms with van der Waals surface area (Å²) in [5, 5.41) is 16.9. The number of alkyl carbamates (subject to hydrolysis) is 1. The molecule has 0 atom stereocenters. The van der Waals surface area contributed by atoms with Crippen LogP contribution in [0.15, 0.2) is 18.2 Å². The molecule has 2 amide bonds. The van der Waals surface area contributed by atoms with Gasteiger partial charge in [-0.25, -0.2) is 4.79 Å². The monoisotopic (exact) mass is 590 g/mol. The predicted molar refractivity (Wildman–Crippen MR) is 171 cm³/mol. The molecule has 0 saturated heterocycles. The van der Waals surface area contributed by atoms with Gasteiger partial charge in [0.1, 0.15) is 6.61 Å². The van der Waals surface area contributed by atoms with Crippen LogP contribution in [0.4, 0.5) is 10.5 Å². The molecule has 0 radical (unpaired) electrons. The first-order valence-electron chi connectivity index (χ1n) is 16.5. The van der Waals surface area contributed by atoms with E-state index < -0.39 is 11.0 Å². The quantitative estimate of drug-likeness (QED) is 0.0639. The summed E-state index contributed by atoms with van der Waals surface area (Å²) in [5.74, 6) is -0.387. The van der Waals surface area contributed by atoms with Crippen LogP contribution in [0.3, 0.4) is 0 Å². The van der Waals surface area contributed by atoms with E-state index in [2.05, 4.69) is 22.5 Å². The minimum atomic E-state index is -0.572. The van der Waals surface area contributed by atoms with Gasteiger partial charge in [0.2, 0.25) is 0 Å². The number of nitrogens with one attached hydrogen (secondary N) is 2. The minimum absolute atomic E-state index is 0.136. The lowest BCUT2D eigenvalue weighted by molar-refractivity contribution is -0.384. The number of carbonyl (C=O) groups is 2. The van der Waals surface area contributed by atoms with Crippen molar-refractivity contribution in [2.75, 3.05) is 33.7 Å². The molecule has 0 aliphatic carbocycles. The standard InChI is InChI=1S/C33H58N4O5/c1-4-5-6-7-8-9-10-11-12-13-14-15-16-17-18-19-24-34-32(38)31-27-30(37(40)41)23-22-29(31)28-42-33(39)35-25-20-21-26-36(2)3/h22-23,27H,4-21,24-26,28H2,1-3H3,(H,34,38)(H,35,39). The number of ether oxygens (including phenoxy) is 1. The maximum atomic E-state index is 12.9. The normalized spacial score (nSPS) is 11.0. The SMILES string of the molecule is CCCCCCCCCCCCCCCCCCNC(=O)c1cc([N+](=O)[O-])ccc1COC(=O)NCCCCN(C)C. The summed E-state index contributed by atoms with van der Waals surface area (Å²) in [4.78, 5) is 37.7. The maximum absolute atomic E-state index is 12.9. The zero-order valence-electron chi connectivity index (χ0n) is 26.7. The number of nitrogens with zero attached hydrogens (tertiary/aromatic N) is 2. The molecular weight excluding hydrogens is 532 g/mol. The van der Waals surface area contributed by atoms with Gasteiger partial charge in [0, 0.05) is 30.8 Å². The number of hydrogen-bond donors (Lipinski definition) is 2. The Morgan fingerprint density at radius 3 is 1.79 bits per heavy atom. The summed E-state index contributed by atoms with van der Waals surface area (Å²) in [6.07, 6.45) is 21.8. The highest BCUT2D eigenvalue weighted by Gasteiger charge is 2.17. The van der Waals surface area contributed by atoms with Gasteiger partial charge in [0.25, 0.3) is 11.6 Å². The fraction of sp³-hybridized carbons (Fsp3) is 0.758. The lowest BCUT2D eigenvalue weighted by atomic mass is 10.0. The van der Waals surface area contributed by atoms with E-state index in [1.165, 1.54) is 102 Å². The van der Waals surface area contributed by atoms with Crippen LogP contribution in [0.1, 0.15) is 138 Å². The minimum Gasteiger partial charge on any atom is -0.445 e. The summed E-state index contributed by atoms with van der Waals surface area (Å²) < 4.78 is 5.28. The first-order chi connectivity index (χ1) is 20.3. The van der Waals surface area contributed by atoms with Crippen molar-refractivity contribution >= 4 is 17.7 Å². The third kappa shape index (κ3) is 19.4. The number of rotatable bonds is 26. The van der Waals surface area contributed by atoms with E-state index in [1.54, 1.807) is 0 Å². The van der Waals surface area contributed by atoms with Gasteiger partial charge in [-0.1, -0.05) is 103 Å². The molecule has 0 aliphatic rings. The van der Waals surface area contributed by atoms with Gasteiger partial charge in [-0.05, 0) is 46.0 Å². The van der Waals surface area contributed by atoms with Crippen LogP contribution in [0, 0.1) is 10.1 Å². The molecule has 0 spiro atoms. The fourth-order valence-electron chi connectivity index (χ4n) is 4.92. The van der Waals surface area contributed by atoms with Crippen molar-refractivity contribution in [3.05, 3.63) is 39.4 Å². The van der Waals surface area contributed by atoms with Crippen molar-refractivity contribution in [2.45, 2.75) is 129 Å². The molecular formula is C33H58N4O5. The second-order valence-electron chi connectivity index (χ2n) is 11.7.